The van der Waals surface area contributed by atoms with E-state index in [4.69, 9.17) is 5.73 Å². The summed E-state index contributed by atoms with van der Waals surface area (Å²) in [5.41, 5.74) is 7.42. The molecule has 0 spiro atoms. The molecule has 0 unspecified atom stereocenters. The van der Waals surface area contributed by atoms with E-state index >= 15 is 0 Å². The van der Waals surface area contributed by atoms with Gasteiger partial charge in [0, 0.05) is 5.56 Å². The van der Waals surface area contributed by atoms with E-state index < -0.39 is 17.2 Å². The number of nitrogens with two attached hydrogens (primary N) is 1. The Bertz CT molecular complexity index is 562. The second kappa shape index (κ2) is 3.89. The molecule has 1 aliphatic carbocycles. The molecule has 2 N–H and O–H groups in total. The zero-order valence-electron chi connectivity index (χ0n) is 9.79. The van der Waals surface area contributed by atoms with Crippen molar-refractivity contribution < 1.29 is 8.78 Å². The van der Waals surface area contributed by atoms with Gasteiger partial charge in [-0.2, -0.15) is 0 Å². The van der Waals surface area contributed by atoms with Gasteiger partial charge in [-0.05, 0) is 36.1 Å². The van der Waals surface area contributed by atoms with Crippen LogP contribution in [0.5, 0.6) is 0 Å². The summed E-state index contributed by atoms with van der Waals surface area (Å²) in [7, 11) is 0. The normalized spacial score (nSPS) is 16.6. The Morgan fingerprint density at radius 3 is 1.83 bits per heavy atom. The molecule has 0 heterocycles. The minimum absolute atomic E-state index is 0.00111. The first kappa shape index (κ1) is 11.4. The Morgan fingerprint density at radius 1 is 0.833 bits per heavy atom. The highest BCUT2D eigenvalue weighted by atomic mass is 19.1. The molecule has 92 valence electrons. The lowest BCUT2D eigenvalue weighted by Gasteiger charge is -2.25. The van der Waals surface area contributed by atoms with E-state index in [-0.39, 0.29) is 5.56 Å². The fourth-order valence-corrected chi connectivity index (χ4v) is 2.79. The Labute approximate surface area is 104 Å². The molecule has 18 heavy (non-hydrogen) atoms. The minimum Gasteiger partial charge on any atom is -0.321 e. The lowest BCUT2D eigenvalue weighted by Crippen LogP contribution is -2.39. The van der Waals surface area contributed by atoms with Gasteiger partial charge in [-0.3, -0.25) is 0 Å². The fourth-order valence-electron chi connectivity index (χ4n) is 2.79. The van der Waals surface area contributed by atoms with Crippen LogP contribution in [-0.4, -0.2) is 0 Å². The summed E-state index contributed by atoms with van der Waals surface area (Å²) >= 11 is 0. The van der Waals surface area contributed by atoms with E-state index in [0.29, 0.717) is 12.8 Å². The third kappa shape index (κ3) is 1.63. The summed E-state index contributed by atoms with van der Waals surface area (Å²) in [6.45, 7) is 0. The van der Waals surface area contributed by atoms with Crippen LogP contribution in [0.25, 0.3) is 0 Å². The average molecular weight is 245 g/mol. The topological polar surface area (TPSA) is 26.0 Å². The number of halogens is 2. The number of fused-ring (bicyclic) bond motifs is 1. The largest absolute Gasteiger partial charge is 0.321 e. The van der Waals surface area contributed by atoms with Gasteiger partial charge < -0.3 is 5.73 Å². The second-order valence-corrected chi connectivity index (χ2v) is 4.88. The molecule has 1 aliphatic rings. The van der Waals surface area contributed by atoms with Crippen molar-refractivity contribution >= 4 is 0 Å². The standard InChI is InChI=1S/C15H13F2N/c16-12-6-3-7-13(17)14(12)15(18)8-10-4-1-2-5-11(10)9-15/h1-7H,8-9,18H2. The molecule has 1 nitrogen and oxygen atoms in total. The summed E-state index contributed by atoms with van der Waals surface area (Å²) < 4.78 is 27.7. The van der Waals surface area contributed by atoms with Gasteiger partial charge in [-0.15, -0.1) is 0 Å². The first-order valence-electron chi connectivity index (χ1n) is 5.90. The van der Waals surface area contributed by atoms with Gasteiger partial charge >= 0.3 is 0 Å². The van der Waals surface area contributed by atoms with Crippen LogP contribution in [0.2, 0.25) is 0 Å². The van der Waals surface area contributed by atoms with E-state index in [0.717, 1.165) is 11.1 Å². The SMILES string of the molecule is NC1(c2c(F)cccc2F)Cc2ccccc2C1. The van der Waals surface area contributed by atoms with Crippen LogP contribution in [0.1, 0.15) is 16.7 Å². The van der Waals surface area contributed by atoms with Crippen molar-refractivity contribution in [1.29, 1.82) is 0 Å². The summed E-state index contributed by atoms with van der Waals surface area (Å²) in [4.78, 5) is 0. The maximum absolute atomic E-state index is 13.9. The van der Waals surface area contributed by atoms with Crippen LogP contribution in [0.4, 0.5) is 8.78 Å². The van der Waals surface area contributed by atoms with E-state index in [1.54, 1.807) is 0 Å². The minimum atomic E-state index is -0.973. The molecule has 0 saturated carbocycles. The smallest absolute Gasteiger partial charge is 0.131 e. The molecule has 0 fully saturated rings. The van der Waals surface area contributed by atoms with Crippen molar-refractivity contribution in [1.82, 2.24) is 0 Å². The molecule has 2 aromatic carbocycles. The van der Waals surface area contributed by atoms with Crippen LogP contribution in [-0.2, 0) is 18.4 Å². The van der Waals surface area contributed by atoms with Gasteiger partial charge in [-0.1, -0.05) is 30.3 Å². The lowest BCUT2D eigenvalue weighted by molar-refractivity contribution is 0.412. The molecule has 0 saturated heterocycles. The molecule has 0 radical (unpaired) electrons. The quantitative estimate of drug-likeness (QED) is 0.821. The van der Waals surface area contributed by atoms with Gasteiger partial charge in [0.15, 0.2) is 0 Å². The Kier molecular flexibility index (Phi) is 2.45. The van der Waals surface area contributed by atoms with Crippen LogP contribution in [0, 0.1) is 11.6 Å². The van der Waals surface area contributed by atoms with Crippen molar-refractivity contribution in [3.8, 4) is 0 Å². The molecular weight excluding hydrogens is 232 g/mol. The Hall–Kier alpha value is -1.74. The molecular formula is C15H13F2N. The molecule has 0 bridgehead atoms. The van der Waals surface area contributed by atoms with Crippen molar-refractivity contribution in [2.75, 3.05) is 0 Å². The third-order valence-corrected chi connectivity index (χ3v) is 3.59. The average Bonchev–Trinajstić information content (AvgIpc) is 2.65. The molecule has 0 aromatic heterocycles. The third-order valence-electron chi connectivity index (χ3n) is 3.59. The van der Waals surface area contributed by atoms with Crippen molar-refractivity contribution in [2.24, 2.45) is 5.73 Å². The van der Waals surface area contributed by atoms with E-state index in [2.05, 4.69) is 0 Å². The molecule has 3 heteroatoms. The predicted octanol–water partition coefficient (Wildman–Crippen LogP) is 2.92. The maximum atomic E-state index is 13.9. The van der Waals surface area contributed by atoms with Gasteiger partial charge in [0.2, 0.25) is 0 Å². The summed E-state index contributed by atoms with van der Waals surface area (Å²) in [6.07, 6.45) is 0.946. The Balaban J connectivity index is 2.09. The number of rotatable bonds is 1. The summed E-state index contributed by atoms with van der Waals surface area (Å²) in [5, 5.41) is 0. The van der Waals surface area contributed by atoms with Crippen LogP contribution in [0.15, 0.2) is 42.5 Å². The number of hydrogen-bond donors (Lipinski definition) is 1. The predicted molar refractivity (Wildman–Crippen MR) is 66.1 cm³/mol. The highest BCUT2D eigenvalue weighted by molar-refractivity contribution is 5.41. The highest BCUT2D eigenvalue weighted by Gasteiger charge is 2.38. The van der Waals surface area contributed by atoms with Crippen LogP contribution in [0.3, 0.4) is 0 Å². The molecule has 3 rings (SSSR count). The Morgan fingerprint density at radius 2 is 1.33 bits per heavy atom. The zero-order chi connectivity index (χ0) is 12.8. The van der Waals surface area contributed by atoms with E-state index in [1.165, 1.54) is 18.2 Å². The van der Waals surface area contributed by atoms with Crippen molar-refractivity contribution in [3.63, 3.8) is 0 Å². The summed E-state index contributed by atoms with van der Waals surface area (Å²) in [6, 6.07) is 11.6. The monoisotopic (exact) mass is 245 g/mol. The van der Waals surface area contributed by atoms with Gasteiger partial charge in [0.05, 0.1) is 5.54 Å². The number of benzene rings is 2. The zero-order valence-corrected chi connectivity index (χ0v) is 9.79. The van der Waals surface area contributed by atoms with Gasteiger partial charge in [0.1, 0.15) is 11.6 Å². The molecule has 2 aromatic rings. The molecule has 0 aliphatic heterocycles. The van der Waals surface area contributed by atoms with E-state index in [1.807, 2.05) is 24.3 Å². The number of hydrogen-bond acceptors (Lipinski definition) is 1. The maximum Gasteiger partial charge on any atom is 0.131 e. The first-order valence-corrected chi connectivity index (χ1v) is 5.90. The summed E-state index contributed by atoms with van der Waals surface area (Å²) in [5.74, 6) is -1.13. The van der Waals surface area contributed by atoms with Crippen LogP contribution < -0.4 is 5.73 Å². The molecule has 0 amide bonds. The van der Waals surface area contributed by atoms with Crippen molar-refractivity contribution in [3.05, 3.63) is 70.8 Å². The lowest BCUT2D eigenvalue weighted by atomic mass is 9.87. The van der Waals surface area contributed by atoms with Crippen molar-refractivity contribution in [2.45, 2.75) is 18.4 Å². The van der Waals surface area contributed by atoms with Gasteiger partial charge in [0.25, 0.3) is 0 Å². The van der Waals surface area contributed by atoms with E-state index in [9.17, 15) is 8.78 Å². The molecule has 0 atom stereocenters. The second-order valence-electron chi connectivity index (χ2n) is 4.88. The highest BCUT2D eigenvalue weighted by Crippen LogP contribution is 2.37. The van der Waals surface area contributed by atoms with Crippen LogP contribution >= 0.6 is 0 Å². The fraction of sp³-hybridized carbons (Fsp3) is 0.200. The van der Waals surface area contributed by atoms with Gasteiger partial charge in [-0.25, -0.2) is 8.78 Å². The first-order chi connectivity index (χ1) is 8.60.